The van der Waals surface area contributed by atoms with Gasteiger partial charge in [-0.3, -0.25) is 10.1 Å². The average molecular weight is 433 g/mol. The summed E-state index contributed by atoms with van der Waals surface area (Å²) in [6.45, 7) is 0.217. The predicted molar refractivity (Wildman–Crippen MR) is 97.5 cm³/mol. The molecule has 0 N–H and O–H groups in total. The molecule has 2 aromatic rings. The Kier molecular flexibility index (Phi) is 6.48. The van der Waals surface area contributed by atoms with Crippen LogP contribution in [0.2, 0.25) is 10.0 Å². The molecule has 0 spiro atoms. The van der Waals surface area contributed by atoms with Crippen molar-refractivity contribution in [2.75, 3.05) is 7.11 Å². The number of nitrogens with zero attached hydrogens (tertiary/aromatic N) is 1. The molecular formula is C16H12BrCl2NO4. The van der Waals surface area contributed by atoms with Gasteiger partial charge in [0, 0.05) is 21.7 Å². The van der Waals surface area contributed by atoms with Gasteiger partial charge >= 0.3 is 0 Å². The third kappa shape index (κ3) is 4.87. The van der Waals surface area contributed by atoms with Crippen LogP contribution in [0.15, 0.2) is 41.0 Å². The van der Waals surface area contributed by atoms with Crippen molar-refractivity contribution in [2.45, 2.75) is 6.61 Å². The highest BCUT2D eigenvalue weighted by Crippen LogP contribution is 2.38. The number of halogens is 3. The van der Waals surface area contributed by atoms with Gasteiger partial charge in [-0.1, -0.05) is 29.3 Å². The molecule has 0 unspecified atom stereocenters. The van der Waals surface area contributed by atoms with E-state index in [1.165, 1.54) is 13.2 Å². The average Bonchev–Trinajstić information content (AvgIpc) is 2.52. The Morgan fingerprint density at radius 1 is 1.29 bits per heavy atom. The molecule has 0 bridgehead atoms. The Morgan fingerprint density at radius 3 is 2.67 bits per heavy atom. The summed E-state index contributed by atoms with van der Waals surface area (Å²) < 4.78 is 11.7. The molecular weight excluding hydrogens is 421 g/mol. The lowest BCUT2D eigenvalue weighted by atomic mass is 10.2. The molecule has 0 radical (unpaired) electrons. The molecule has 8 heteroatoms. The minimum Gasteiger partial charge on any atom is -0.493 e. The fourth-order valence-electron chi connectivity index (χ4n) is 1.91. The molecule has 0 aliphatic carbocycles. The molecule has 0 aromatic heterocycles. The van der Waals surface area contributed by atoms with E-state index in [9.17, 15) is 10.1 Å². The smallest absolute Gasteiger partial charge is 0.235 e. The molecule has 24 heavy (non-hydrogen) atoms. The molecule has 2 aromatic carbocycles. The van der Waals surface area contributed by atoms with E-state index < -0.39 is 4.92 Å². The Hall–Kier alpha value is -1.76. The Balaban J connectivity index is 2.24. The summed E-state index contributed by atoms with van der Waals surface area (Å²) in [5.74, 6) is 0.916. The van der Waals surface area contributed by atoms with Crippen LogP contribution < -0.4 is 9.47 Å². The molecule has 0 aliphatic heterocycles. The monoisotopic (exact) mass is 431 g/mol. The number of hydrogen-bond acceptors (Lipinski definition) is 4. The highest BCUT2D eigenvalue weighted by atomic mass is 79.9. The first-order chi connectivity index (χ1) is 11.4. The van der Waals surface area contributed by atoms with Gasteiger partial charge in [-0.25, -0.2) is 0 Å². The second kappa shape index (κ2) is 8.37. The van der Waals surface area contributed by atoms with Gasteiger partial charge in [0.25, 0.3) is 0 Å². The first-order valence-corrected chi connectivity index (χ1v) is 8.21. The van der Waals surface area contributed by atoms with E-state index in [0.717, 1.165) is 11.8 Å². The Labute approximate surface area is 157 Å². The summed E-state index contributed by atoms with van der Waals surface area (Å²) in [5, 5.41) is 11.5. The van der Waals surface area contributed by atoms with Crippen molar-refractivity contribution < 1.29 is 14.4 Å². The maximum atomic E-state index is 10.4. The lowest BCUT2D eigenvalue weighted by Gasteiger charge is -2.14. The van der Waals surface area contributed by atoms with Crippen molar-refractivity contribution in [3.8, 4) is 11.5 Å². The van der Waals surface area contributed by atoms with Crippen molar-refractivity contribution in [3.63, 3.8) is 0 Å². The van der Waals surface area contributed by atoms with E-state index in [1.54, 1.807) is 30.3 Å². The van der Waals surface area contributed by atoms with Crippen LogP contribution in [0.3, 0.4) is 0 Å². The molecule has 0 fully saturated rings. The SMILES string of the molecule is COc1cc(/C=C/[N+](=O)[O-])cc(Br)c1OCc1ccc(Cl)cc1Cl. The van der Waals surface area contributed by atoms with Crippen LogP contribution >= 0.6 is 39.1 Å². The van der Waals surface area contributed by atoms with Crippen LogP contribution in [0.5, 0.6) is 11.5 Å². The first-order valence-electron chi connectivity index (χ1n) is 6.66. The zero-order valence-corrected chi connectivity index (χ0v) is 15.6. The lowest BCUT2D eigenvalue weighted by Crippen LogP contribution is -2.00. The van der Waals surface area contributed by atoms with Gasteiger partial charge in [0.1, 0.15) is 6.61 Å². The number of nitro groups is 1. The molecule has 0 saturated carbocycles. The van der Waals surface area contributed by atoms with E-state index in [-0.39, 0.29) is 6.61 Å². The third-order valence-corrected chi connectivity index (χ3v) is 4.20. The zero-order chi connectivity index (χ0) is 17.7. The molecule has 0 heterocycles. The van der Waals surface area contributed by atoms with Crippen molar-refractivity contribution in [2.24, 2.45) is 0 Å². The van der Waals surface area contributed by atoms with Crippen LogP contribution in [0, 0.1) is 10.1 Å². The van der Waals surface area contributed by atoms with Crippen molar-refractivity contribution in [1.29, 1.82) is 0 Å². The maximum absolute atomic E-state index is 10.4. The maximum Gasteiger partial charge on any atom is 0.235 e. The van der Waals surface area contributed by atoms with Crippen LogP contribution in [0.4, 0.5) is 0 Å². The number of rotatable bonds is 6. The largest absolute Gasteiger partial charge is 0.493 e. The Bertz CT molecular complexity index is 796. The third-order valence-electron chi connectivity index (χ3n) is 3.03. The van der Waals surface area contributed by atoms with Gasteiger partial charge in [0.15, 0.2) is 11.5 Å². The molecule has 2 rings (SSSR count). The first kappa shape index (κ1) is 18.6. The van der Waals surface area contributed by atoms with Gasteiger partial charge in [-0.2, -0.15) is 0 Å². The van der Waals surface area contributed by atoms with E-state index >= 15 is 0 Å². The summed E-state index contributed by atoms with van der Waals surface area (Å²) in [7, 11) is 1.49. The van der Waals surface area contributed by atoms with E-state index in [4.69, 9.17) is 32.7 Å². The quantitative estimate of drug-likeness (QED) is 0.440. The van der Waals surface area contributed by atoms with E-state index in [0.29, 0.717) is 31.6 Å². The van der Waals surface area contributed by atoms with Crippen LogP contribution in [0.1, 0.15) is 11.1 Å². The minimum absolute atomic E-state index is 0.217. The molecule has 0 aliphatic rings. The molecule has 126 valence electrons. The predicted octanol–water partition coefficient (Wildman–Crippen LogP) is 5.59. The Morgan fingerprint density at radius 2 is 2.04 bits per heavy atom. The fraction of sp³-hybridized carbons (Fsp3) is 0.125. The van der Waals surface area contributed by atoms with E-state index in [1.807, 2.05) is 0 Å². The minimum atomic E-state index is -0.534. The molecule has 0 saturated heterocycles. The van der Waals surface area contributed by atoms with Gasteiger partial charge in [-0.05, 0) is 45.8 Å². The number of ether oxygens (including phenoxy) is 2. The van der Waals surface area contributed by atoms with Crippen molar-refractivity contribution in [3.05, 3.63) is 72.3 Å². The summed E-state index contributed by atoms with van der Waals surface area (Å²) in [6, 6.07) is 8.48. The second-order valence-corrected chi connectivity index (χ2v) is 6.36. The molecule has 0 atom stereocenters. The van der Waals surface area contributed by atoms with Gasteiger partial charge in [-0.15, -0.1) is 0 Å². The van der Waals surface area contributed by atoms with Gasteiger partial charge in [0.2, 0.25) is 6.20 Å². The number of benzene rings is 2. The lowest BCUT2D eigenvalue weighted by molar-refractivity contribution is -0.400. The normalized spacial score (nSPS) is 10.8. The van der Waals surface area contributed by atoms with Gasteiger partial charge < -0.3 is 9.47 Å². The van der Waals surface area contributed by atoms with Crippen LogP contribution in [-0.2, 0) is 6.61 Å². The highest BCUT2D eigenvalue weighted by Gasteiger charge is 2.12. The second-order valence-electron chi connectivity index (χ2n) is 4.66. The summed E-state index contributed by atoms with van der Waals surface area (Å²) in [5.41, 5.74) is 1.37. The fourth-order valence-corrected chi connectivity index (χ4v) is 2.95. The number of methoxy groups -OCH3 is 1. The zero-order valence-electron chi connectivity index (χ0n) is 12.5. The van der Waals surface area contributed by atoms with Crippen molar-refractivity contribution >= 4 is 45.2 Å². The number of hydrogen-bond donors (Lipinski definition) is 0. The highest BCUT2D eigenvalue weighted by molar-refractivity contribution is 9.10. The summed E-state index contributed by atoms with van der Waals surface area (Å²) >= 11 is 15.4. The standard InChI is InChI=1S/C16H12BrCl2NO4/c1-23-15-7-10(4-5-20(21)22)6-13(17)16(15)24-9-11-2-3-12(18)8-14(11)19/h2-8H,9H2,1H3/b5-4+. The van der Waals surface area contributed by atoms with Crippen molar-refractivity contribution in [1.82, 2.24) is 0 Å². The molecule has 0 amide bonds. The van der Waals surface area contributed by atoms with E-state index in [2.05, 4.69) is 15.9 Å². The summed E-state index contributed by atoms with van der Waals surface area (Å²) in [6.07, 6.45) is 2.22. The summed E-state index contributed by atoms with van der Waals surface area (Å²) in [4.78, 5) is 9.89. The van der Waals surface area contributed by atoms with Crippen LogP contribution in [0.25, 0.3) is 6.08 Å². The topological polar surface area (TPSA) is 61.6 Å². The van der Waals surface area contributed by atoms with Crippen LogP contribution in [-0.4, -0.2) is 12.0 Å². The molecule has 5 nitrogen and oxygen atoms in total. The van der Waals surface area contributed by atoms with Gasteiger partial charge in [0.05, 0.1) is 16.5 Å².